The summed E-state index contributed by atoms with van der Waals surface area (Å²) < 4.78 is 8.64. The van der Waals surface area contributed by atoms with Crippen LogP contribution in [-0.4, -0.2) is 47.8 Å². The molecule has 1 unspecified atom stereocenters. The van der Waals surface area contributed by atoms with Crippen LogP contribution < -0.4 is 10.5 Å². The van der Waals surface area contributed by atoms with Gasteiger partial charge >= 0.3 is 0 Å². The Kier molecular flexibility index (Phi) is 4.35. The van der Waals surface area contributed by atoms with Gasteiger partial charge in [0, 0.05) is 49.7 Å². The Labute approximate surface area is 199 Å². The summed E-state index contributed by atoms with van der Waals surface area (Å²) in [6.07, 6.45) is 7.14. The summed E-state index contributed by atoms with van der Waals surface area (Å²) in [7, 11) is 1.93. The number of fused-ring (bicyclic) bond motifs is 2. The van der Waals surface area contributed by atoms with Gasteiger partial charge in [0.15, 0.2) is 5.82 Å². The van der Waals surface area contributed by atoms with E-state index in [2.05, 4.69) is 54.5 Å². The lowest BCUT2D eigenvalue weighted by Crippen LogP contribution is -2.24. The first-order valence-corrected chi connectivity index (χ1v) is 11.6. The summed E-state index contributed by atoms with van der Waals surface area (Å²) in [6.45, 7) is 2.08. The normalized spacial score (nSPS) is 20.9. The quantitative estimate of drug-likeness (QED) is 0.389. The van der Waals surface area contributed by atoms with E-state index >= 15 is 0 Å². The minimum absolute atomic E-state index is 0.145. The summed E-state index contributed by atoms with van der Waals surface area (Å²) in [5.74, 6) is 2.44. The molecule has 1 saturated heterocycles. The van der Waals surface area contributed by atoms with Crippen LogP contribution in [0.1, 0.15) is 17.6 Å². The molecule has 4 aromatic heterocycles. The minimum atomic E-state index is -0.220. The van der Waals surface area contributed by atoms with Gasteiger partial charge in [0.2, 0.25) is 5.89 Å². The predicted octanol–water partition coefficient (Wildman–Crippen LogP) is 2.47. The second kappa shape index (κ2) is 7.59. The van der Waals surface area contributed by atoms with E-state index in [0.717, 1.165) is 24.5 Å². The first-order valence-electron chi connectivity index (χ1n) is 11.6. The first-order chi connectivity index (χ1) is 17.1. The molecule has 5 aromatic rings. The monoisotopic (exact) mass is 466 g/mol. The molecule has 35 heavy (non-hydrogen) atoms. The molecule has 1 aliphatic heterocycles. The smallest absolute Gasteiger partial charge is 0.276 e. The standard InChI is InChI=1S/C25H22N8O2/c1-31-11-16(9-27-31)15-4-2-5-17(8-15)32-12-19-20(13-32)23(19)24-29-22(35-30-24)14-33-25(34)18-6-3-7-26-21(18)10-28-33/h2-11,19-20,23H,12-14H2,1H3/t19-,20+,23?. The van der Waals surface area contributed by atoms with Gasteiger partial charge in [0.1, 0.15) is 6.54 Å². The summed E-state index contributed by atoms with van der Waals surface area (Å²) in [5, 5.41) is 13.2. The Hall–Kier alpha value is -4.34. The first kappa shape index (κ1) is 20.1. The number of aryl methyl sites for hydroxylation is 1. The van der Waals surface area contributed by atoms with Gasteiger partial charge in [-0.3, -0.25) is 14.5 Å². The summed E-state index contributed by atoms with van der Waals surface area (Å²) in [4.78, 5) is 23.9. The molecular formula is C25H22N8O2. The van der Waals surface area contributed by atoms with Crippen LogP contribution in [0, 0.1) is 11.8 Å². The van der Waals surface area contributed by atoms with Crippen molar-refractivity contribution in [2.45, 2.75) is 12.5 Å². The number of aromatic nitrogens is 7. The molecule has 3 atom stereocenters. The Morgan fingerprint density at radius 2 is 1.94 bits per heavy atom. The van der Waals surface area contributed by atoms with E-state index < -0.39 is 0 Å². The third-order valence-corrected chi connectivity index (χ3v) is 7.13. The highest BCUT2D eigenvalue weighted by molar-refractivity contribution is 5.75. The number of nitrogens with zero attached hydrogens (tertiary/aromatic N) is 8. The van der Waals surface area contributed by atoms with Gasteiger partial charge in [0.05, 0.1) is 23.3 Å². The maximum absolute atomic E-state index is 12.7. The molecule has 5 heterocycles. The molecule has 0 bridgehead atoms. The molecule has 0 amide bonds. The zero-order chi connectivity index (χ0) is 23.5. The lowest BCUT2D eigenvalue weighted by atomic mass is 10.1. The van der Waals surface area contributed by atoms with E-state index in [1.165, 1.54) is 15.9 Å². The maximum atomic E-state index is 12.7. The van der Waals surface area contributed by atoms with Gasteiger partial charge in [-0.15, -0.1) is 0 Å². The summed E-state index contributed by atoms with van der Waals surface area (Å²) >= 11 is 0. The van der Waals surface area contributed by atoms with E-state index in [1.807, 2.05) is 24.1 Å². The summed E-state index contributed by atoms with van der Waals surface area (Å²) in [5.41, 5.74) is 3.86. The average Bonchev–Trinajstić information content (AvgIpc) is 3.33. The fraction of sp³-hybridized carbons (Fsp3) is 0.280. The topological polar surface area (TPSA) is 108 Å². The number of anilines is 1. The number of rotatable bonds is 5. The highest BCUT2D eigenvalue weighted by atomic mass is 16.5. The minimum Gasteiger partial charge on any atom is -0.371 e. The van der Waals surface area contributed by atoms with Crippen LogP contribution in [0.25, 0.3) is 22.0 Å². The molecule has 1 saturated carbocycles. The van der Waals surface area contributed by atoms with Gasteiger partial charge < -0.3 is 9.42 Å². The van der Waals surface area contributed by atoms with E-state index in [1.54, 1.807) is 24.5 Å². The molecule has 0 N–H and O–H groups in total. The Morgan fingerprint density at radius 3 is 2.77 bits per heavy atom. The average molecular weight is 467 g/mol. The van der Waals surface area contributed by atoms with Crippen molar-refractivity contribution < 1.29 is 4.52 Å². The number of benzene rings is 1. The molecule has 0 spiro atoms. The molecule has 0 radical (unpaired) electrons. The molecule has 2 aliphatic rings. The van der Waals surface area contributed by atoms with Crippen molar-refractivity contribution in [2.24, 2.45) is 18.9 Å². The highest BCUT2D eigenvalue weighted by Crippen LogP contribution is 2.58. The van der Waals surface area contributed by atoms with Crippen molar-refractivity contribution in [1.82, 2.24) is 34.7 Å². The van der Waals surface area contributed by atoms with Crippen LogP contribution in [-0.2, 0) is 13.6 Å². The Morgan fingerprint density at radius 1 is 1.06 bits per heavy atom. The maximum Gasteiger partial charge on any atom is 0.276 e. The summed E-state index contributed by atoms with van der Waals surface area (Å²) in [6, 6.07) is 12.1. The zero-order valence-corrected chi connectivity index (χ0v) is 19.0. The molecule has 1 aliphatic carbocycles. The third-order valence-electron chi connectivity index (χ3n) is 7.13. The van der Waals surface area contributed by atoms with E-state index in [4.69, 9.17) is 4.52 Å². The van der Waals surface area contributed by atoms with Crippen molar-refractivity contribution in [2.75, 3.05) is 18.0 Å². The van der Waals surface area contributed by atoms with Crippen molar-refractivity contribution in [3.63, 3.8) is 0 Å². The van der Waals surface area contributed by atoms with Crippen molar-refractivity contribution in [3.05, 3.63) is 83.3 Å². The Bertz CT molecular complexity index is 1610. The lowest BCUT2D eigenvalue weighted by Gasteiger charge is -2.22. The largest absolute Gasteiger partial charge is 0.371 e. The molecule has 7 rings (SSSR count). The second-order valence-electron chi connectivity index (χ2n) is 9.30. The van der Waals surface area contributed by atoms with Crippen molar-refractivity contribution in [3.8, 4) is 11.1 Å². The predicted molar refractivity (Wildman–Crippen MR) is 128 cm³/mol. The van der Waals surface area contributed by atoms with Crippen molar-refractivity contribution in [1.29, 1.82) is 0 Å². The second-order valence-corrected chi connectivity index (χ2v) is 9.30. The highest BCUT2D eigenvalue weighted by Gasteiger charge is 2.58. The van der Waals surface area contributed by atoms with Gasteiger partial charge in [-0.25, -0.2) is 4.68 Å². The van der Waals surface area contributed by atoms with Crippen LogP contribution in [0.3, 0.4) is 0 Å². The third kappa shape index (κ3) is 3.40. The molecule has 174 valence electrons. The fourth-order valence-corrected chi connectivity index (χ4v) is 5.30. The van der Waals surface area contributed by atoms with Crippen LogP contribution in [0.4, 0.5) is 5.69 Å². The fourth-order valence-electron chi connectivity index (χ4n) is 5.30. The van der Waals surface area contributed by atoms with Gasteiger partial charge in [-0.1, -0.05) is 17.3 Å². The van der Waals surface area contributed by atoms with Crippen LogP contribution in [0.2, 0.25) is 0 Å². The SMILES string of the molecule is Cn1cc(-c2cccc(N3C[C@@H]4C(c5noc(Cn6ncc7ncccc7c6=O)n5)[C@@H]4C3)c2)cn1. The lowest BCUT2D eigenvalue weighted by molar-refractivity contribution is 0.358. The number of hydrogen-bond acceptors (Lipinski definition) is 8. The molecule has 10 nitrogen and oxygen atoms in total. The van der Waals surface area contributed by atoms with Crippen LogP contribution in [0.5, 0.6) is 0 Å². The molecular weight excluding hydrogens is 444 g/mol. The molecule has 1 aromatic carbocycles. The zero-order valence-electron chi connectivity index (χ0n) is 19.0. The van der Waals surface area contributed by atoms with E-state index in [0.29, 0.717) is 34.5 Å². The van der Waals surface area contributed by atoms with E-state index in [9.17, 15) is 4.79 Å². The molecule has 10 heteroatoms. The van der Waals surface area contributed by atoms with Crippen molar-refractivity contribution >= 4 is 16.6 Å². The van der Waals surface area contributed by atoms with Gasteiger partial charge in [-0.2, -0.15) is 15.2 Å². The van der Waals surface area contributed by atoms with Gasteiger partial charge in [0.25, 0.3) is 5.56 Å². The van der Waals surface area contributed by atoms with E-state index in [-0.39, 0.29) is 12.1 Å². The number of piperidine rings is 1. The van der Waals surface area contributed by atoms with Crippen LogP contribution >= 0.6 is 0 Å². The number of hydrogen-bond donors (Lipinski definition) is 0. The van der Waals surface area contributed by atoms with Gasteiger partial charge in [-0.05, 0) is 41.7 Å². The number of pyridine rings is 1. The Balaban J connectivity index is 1.04. The molecule has 2 fully saturated rings. The van der Waals surface area contributed by atoms with Crippen LogP contribution in [0.15, 0.2) is 70.5 Å².